The van der Waals surface area contributed by atoms with Gasteiger partial charge in [-0.2, -0.15) is 0 Å². The van der Waals surface area contributed by atoms with Crippen LogP contribution in [0.1, 0.15) is 25.8 Å². The molecule has 0 N–H and O–H groups in total. The number of likely N-dealkylation sites (tertiary alicyclic amines) is 1. The lowest BCUT2D eigenvalue weighted by molar-refractivity contribution is -0.138. The van der Waals surface area contributed by atoms with E-state index in [0.29, 0.717) is 41.0 Å². The van der Waals surface area contributed by atoms with Crippen LogP contribution < -0.4 is 4.74 Å². The fraction of sp³-hybridized carbons (Fsp3) is 0.524. The van der Waals surface area contributed by atoms with E-state index in [1.54, 1.807) is 14.2 Å². The van der Waals surface area contributed by atoms with E-state index >= 15 is 0 Å². The summed E-state index contributed by atoms with van der Waals surface area (Å²) in [5.74, 6) is 1.02. The highest BCUT2D eigenvalue weighted by Crippen LogP contribution is 2.38. The summed E-state index contributed by atoms with van der Waals surface area (Å²) in [5, 5.41) is 0. The molecule has 1 aromatic rings. The van der Waals surface area contributed by atoms with Crippen molar-refractivity contribution in [2.45, 2.75) is 20.3 Å². The van der Waals surface area contributed by atoms with Crippen LogP contribution in [0.25, 0.3) is 5.57 Å². The SMILES string of the molecule is COCCN1C(=O)C(c2ccccc2OC)=C(N2CC(C)CC(C)C2)C1=O. The van der Waals surface area contributed by atoms with Crippen molar-refractivity contribution in [3.05, 3.63) is 35.5 Å². The highest BCUT2D eigenvalue weighted by Gasteiger charge is 2.43. The maximum atomic E-state index is 13.2. The Labute approximate surface area is 160 Å². The average Bonchev–Trinajstić information content (AvgIpc) is 2.89. The van der Waals surface area contributed by atoms with Crippen LogP contribution in [0.4, 0.5) is 0 Å². The van der Waals surface area contributed by atoms with Gasteiger partial charge in [-0.3, -0.25) is 14.5 Å². The fourth-order valence-electron chi connectivity index (χ4n) is 4.18. The number of nitrogens with zero attached hydrogens (tertiary/aromatic N) is 2. The van der Waals surface area contributed by atoms with Crippen molar-refractivity contribution in [3.8, 4) is 5.75 Å². The molecule has 1 fully saturated rings. The molecule has 3 rings (SSSR count). The second-order valence-electron chi connectivity index (χ2n) is 7.53. The number of piperidine rings is 1. The van der Waals surface area contributed by atoms with E-state index in [4.69, 9.17) is 9.47 Å². The molecule has 0 aliphatic carbocycles. The highest BCUT2D eigenvalue weighted by atomic mass is 16.5. The lowest BCUT2D eigenvalue weighted by Gasteiger charge is -2.37. The normalized spacial score (nSPS) is 23.4. The Morgan fingerprint density at radius 1 is 1.04 bits per heavy atom. The molecule has 0 saturated carbocycles. The minimum absolute atomic E-state index is 0.237. The molecule has 1 saturated heterocycles. The molecule has 0 radical (unpaired) electrons. The van der Waals surface area contributed by atoms with Gasteiger partial charge in [-0.15, -0.1) is 0 Å². The quantitative estimate of drug-likeness (QED) is 0.718. The topological polar surface area (TPSA) is 59.1 Å². The number of carbonyl (C=O) groups excluding carboxylic acids is 2. The third kappa shape index (κ3) is 3.72. The Hall–Kier alpha value is -2.34. The summed E-state index contributed by atoms with van der Waals surface area (Å²) in [5.41, 5.74) is 1.60. The van der Waals surface area contributed by atoms with E-state index in [1.165, 1.54) is 4.90 Å². The van der Waals surface area contributed by atoms with Gasteiger partial charge < -0.3 is 14.4 Å². The minimum Gasteiger partial charge on any atom is -0.496 e. The van der Waals surface area contributed by atoms with Crippen molar-refractivity contribution in [2.75, 3.05) is 40.5 Å². The lowest BCUT2D eigenvalue weighted by Crippen LogP contribution is -2.42. The van der Waals surface area contributed by atoms with E-state index in [9.17, 15) is 9.59 Å². The molecule has 2 atom stereocenters. The second-order valence-corrected chi connectivity index (χ2v) is 7.53. The summed E-state index contributed by atoms with van der Waals surface area (Å²) >= 11 is 0. The molecule has 2 unspecified atom stereocenters. The van der Waals surface area contributed by atoms with Crippen LogP contribution >= 0.6 is 0 Å². The number of para-hydroxylation sites is 1. The van der Waals surface area contributed by atoms with Crippen LogP contribution in [0.2, 0.25) is 0 Å². The van der Waals surface area contributed by atoms with Gasteiger partial charge in [-0.1, -0.05) is 32.0 Å². The maximum absolute atomic E-state index is 13.2. The molecule has 1 aromatic carbocycles. The van der Waals surface area contributed by atoms with E-state index in [-0.39, 0.29) is 18.4 Å². The van der Waals surface area contributed by atoms with Gasteiger partial charge in [0, 0.05) is 25.8 Å². The molecule has 0 aromatic heterocycles. The first kappa shape index (κ1) is 19.4. The van der Waals surface area contributed by atoms with Crippen molar-refractivity contribution in [2.24, 2.45) is 11.8 Å². The lowest BCUT2D eigenvalue weighted by atomic mass is 9.91. The van der Waals surface area contributed by atoms with Crippen molar-refractivity contribution in [1.29, 1.82) is 0 Å². The third-order valence-electron chi connectivity index (χ3n) is 5.22. The standard InChI is InChI=1S/C21H28N2O4/c1-14-11-15(2)13-22(12-14)19-18(16-7-5-6-8-17(16)27-4)20(24)23(21(19)25)9-10-26-3/h5-8,14-15H,9-13H2,1-4H3. The summed E-state index contributed by atoms with van der Waals surface area (Å²) in [6.45, 7) is 6.49. The molecule has 2 aliphatic rings. The van der Waals surface area contributed by atoms with E-state index < -0.39 is 0 Å². The molecule has 146 valence electrons. The van der Waals surface area contributed by atoms with Crippen LogP contribution in [0.5, 0.6) is 5.75 Å². The zero-order valence-corrected chi connectivity index (χ0v) is 16.5. The summed E-state index contributed by atoms with van der Waals surface area (Å²) in [6, 6.07) is 7.38. The van der Waals surface area contributed by atoms with Gasteiger partial charge in [0.1, 0.15) is 11.4 Å². The van der Waals surface area contributed by atoms with Gasteiger partial charge in [0.2, 0.25) is 0 Å². The van der Waals surface area contributed by atoms with Crippen LogP contribution in [-0.2, 0) is 14.3 Å². The number of carbonyl (C=O) groups is 2. The van der Waals surface area contributed by atoms with Crippen LogP contribution in [0, 0.1) is 11.8 Å². The number of rotatable bonds is 6. The number of methoxy groups -OCH3 is 2. The average molecular weight is 372 g/mol. The maximum Gasteiger partial charge on any atom is 0.277 e. The third-order valence-corrected chi connectivity index (χ3v) is 5.22. The van der Waals surface area contributed by atoms with Gasteiger partial charge in [0.15, 0.2) is 0 Å². The Morgan fingerprint density at radius 3 is 2.33 bits per heavy atom. The van der Waals surface area contributed by atoms with Crippen molar-refractivity contribution in [1.82, 2.24) is 9.80 Å². The van der Waals surface area contributed by atoms with Gasteiger partial charge in [-0.05, 0) is 24.3 Å². The molecule has 2 amide bonds. The predicted molar refractivity (Wildman–Crippen MR) is 103 cm³/mol. The van der Waals surface area contributed by atoms with Crippen molar-refractivity contribution >= 4 is 17.4 Å². The Kier molecular flexibility index (Phi) is 5.85. The zero-order chi connectivity index (χ0) is 19.6. The van der Waals surface area contributed by atoms with E-state index in [0.717, 1.165) is 19.5 Å². The minimum atomic E-state index is -0.276. The van der Waals surface area contributed by atoms with Crippen molar-refractivity contribution < 1.29 is 19.1 Å². The Bertz CT molecular complexity index is 748. The summed E-state index contributed by atoms with van der Waals surface area (Å²) < 4.78 is 10.6. The Balaban J connectivity index is 2.10. The Morgan fingerprint density at radius 2 is 1.70 bits per heavy atom. The molecule has 2 aliphatic heterocycles. The van der Waals surface area contributed by atoms with Gasteiger partial charge in [-0.25, -0.2) is 0 Å². The molecule has 0 bridgehead atoms. The highest BCUT2D eigenvalue weighted by molar-refractivity contribution is 6.36. The molecule has 6 heteroatoms. The summed E-state index contributed by atoms with van der Waals surface area (Å²) in [6.07, 6.45) is 1.13. The summed E-state index contributed by atoms with van der Waals surface area (Å²) in [7, 11) is 3.14. The molecule has 6 nitrogen and oxygen atoms in total. The predicted octanol–water partition coefficient (Wildman–Crippen LogP) is 2.40. The molecular formula is C21H28N2O4. The van der Waals surface area contributed by atoms with Crippen molar-refractivity contribution in [3.63, 3.8) is 0 Å². The van der Waals surface area contributed by atoms with Gasteiger partial charge >= 0.3 is 0 Å². The number of hydrogen-bond donors (Lipinski definition) is 0. The number of benzene rings is 1. The fourth-order valence-corrected chi connectivity index (χ4v) is 4.18. The van der Waals surface area contributed by atoms with Crippen LogP contribution in [0.15, 0.2) is 30.0 Å². The molecule has 27 heavy (non-hydrogen) atoms. The second kappa shape index (κ2) is 8.13. The molecular weight excluding hydrogens is 344 g/mol. The smallest absolute Gasteiger partial charge is 0.277 e. The van der Waals surface area contributed by atoms with E-state index in [1.807, 2.05) is 24.3 Å². The van der Waals surface area contributed by atoms with Crippen LogP contribution in [0.3, 0.4) is 0 Å². The summed E-state index contributed by atoms with van der Waals surface area (Å²) in [4.78, 5) is 29.8. The van der Waals surface area contributed by atoms with Crippen LogP contribution in [-0.4, -0.2) is 62.1 Å². The zero-order valence-electron chi connectivity index (χ0n) is 16.5. The largest absolute Gasteiger partial charge is 0.496 e. The van der Waals surface area contributed by atoms with Gasteiger partial charge in [0.25, 0.3) is 11.8 Å². The molecule has 0 spiro atoms. The first-order valence-corrected chi connectivity index (χ1v) is 9.45. The number of amides is 2. The monoisotopic (exact) mass is 372 g/mol. The first-order valence-electron chi connectivity index (χ1n) is 9.45. The molecule has 2 heterocycles. The first-order chi connectivity index (χ1) is 13.0. The van der Waals surface area contributed by atoms with E-state index in [2.05, 4.69) is 18.7 Å². The number of ether oxygens (including phenoxy) is 2. The number of hydrogen-bond acceptors (Lipinski definition) is 5. The number of imide groups is 1. The van der Waals surface area contributed by atoms with Gasteiger partial charge in [0.05, 0.1) is 25.8 Å².